The van der Waals surface area contributed by atoms with Crippen LogP contribution < -0.4 is 0 Å². The zero-order valence-electron chi connectivity index (χ0n) is 8.58. The lowest BCUT2D eigenvalue weighted by atomic mass is 10.1. The Bertz CT molecular complexity index is 168. The lowest BCUT2D eigenvalue weighted by Crippen LogP contribution is -2.46. The van der Waals surface area contributed by atoms with E-state index in [2.05, 4.69) is 11.8 Å². The maximum absolute atomic E-state index is 11.4. The molecule has 0 N–H and O–H groups in total. The quantitative estimate of drug-likeness (QED) is 0.656. The Hall–Kier alpha value is -0.410. The summed E-state index contributed by atoms with van der Waals surface area (Å²) in [7, 11) is 0. The molecule has 0 aromatic heterocycles. The van der Waals surface area contributed by atoms with Crippen LogP contribution >= 0.6 is 0 Å². The Morgan fingerprint density at radius 3 is 2.92 bits per heavy atom. The van der Waals surface area contributed by atoms with Gasteiger partial charge in [0.25, 0.3) is 0 Å². The highest BCUT2D eigenvalue weighted by Crippen LogP contribution is 2.07. The summed E-state index contributed by atoms with van der Waals surface area (Å²) in [5.41, 5.74) is 0. The first kappa shape index (κ1) is 10.7. The van der Waals surface area contributed by atoms with Crippen LogP contribution in [0.4, 0.5) is 0 Å². The molecule has 0 unspecified atom stereocenters. The second kappa shape index (κ2) is 5.35. The number of carbonyl (C=O) groups is 1. The van der Waals surface area contributed by atoms with Crippen molar-refractivity contribution in [3.63, 3.8) is 0 Å². The van der Waals surface area contributed by atoms with Gasteiger partial charge in [0.05, 0.1) is 6.61 Å². The maximum Gasteiger partial charge on any atom is 0.162 e. The summed E-state index contributed by atoms with van der Waals surface area (Å²) in [5, 5.41) is 0. The lowest BCUT2D eigenvalue weighted by molar-refractivity contribution is -0.135. The van der Waals surface area contributed by atoms with Crippen molar-refractivity contribution < 1.29 is 9.53 Å². The average molecular weight is 185 g/mol. The third kappa shape index (κ3) is 3.08. The fourth-order valence-corrected chi connectivity index (χ4v) is 1.64. The molecule has 1 saturated heterocycles. The second-order valence-corrected chi connectivity index (χ2v) is 3.48. The number of Topliss-reactive ketones (excluding diaryl/α,β-unsaturated/α-hetero) is 1. The summed E-state index contributed by atoms with van der Waals surface area (Å²) in [6, 6.07) is 0. The van der Waals surface area contributed by atoms with Crippen molar-refractivity contribution in [1.82, 2.24) is 4.90 Å². The van der Waals surface area contributed by atoms with E-state index in [0.717, 1.165) is 26.1 Å². The summed E-state index contributed by atoms with van der Waals surface area (Å²) in [6.07, 6.45) is 1.57. The first-order valence-electron chi connectivity index (χ1n) is 5.14. The van der Waals surface area contributed by atoms with E-state index in [1.807, 2.05) is 6.92 Å². The van der Waals surface area contributed by atoms with Crippen molar-refractivity contribution in [2.75, 3.05) is 26.2 Å². The van der Waals surface area contributed by atoms with Crippen molar-refractivity contribution in [2.24, 2.45) is 0 Å². The van der Waals surface area contributed by atoms with Crippen molar-refractivity contribution in [3.8, 4) is 0 Å². The van der Waals surface area contributed by atoms with E-state index in [4.69, 9.17) is 4.74 Å². The lowest BCUT2D eigenvalue weighted by Gasteiger charge is -2.31. The first-order chi connectivity index (χ1) is 6.27. The second-order valence-electron chi connectivity index (χ2n) is 3.48. The van der Waals surface area contributed by atoms with E-state index in [1.54, 1.807) is 0 Å². The summed E-state index contributed by atoms with van der Waals surface area (Å²) < 4.78 is 5.42. The number of hydrogen-bond acceptors (Lipinski definition) is 3. The molecular formula is C10H19NO2. The van der Waals surface area contributed by atoms with Gasteiger partial charge in [-0.15, -0.1) is 0 Å². The zero-order chi connectivity index (χ0) is 9.68. The standard InChI is InChI=1S/C10H19NO2/c1-3-5-11-6-7-13-10(8-11)9(12)4-2/h10H,3-8H2,1-2H3/t10-/m1/s1. The summed E-state index contributed by atoms with van der Waals surface area (Å²) in [6.45, 7) is 7.60. The molecule has 1 atom stereocenters. The smallest absolute Gasteiger partial charge is 0.162 e. The van der Waals surface area contributed by atoms with Gasteiger partial charge in [0.15, 0.2) is 5.78 Å². The highest BCUT2D eigenvalue weighted by Gasteiger charge is 2.24. The van der Waals surface area contributed by atoms with Crippen LogP contribution in [0.2, 0.25) is 0 Å². The number of nitrogens with zero attached hydrogens (tertiary/aromatic N) is 1. The van der Waals surface area contributed by atoms with Gasteiger partial charge < -0.3 is 4.74 Å². The van der Waals surface area contributed by atoms with Crippen molar-refractivity contribution in [3.05, 3.63) is 0 Å². The molecule has 0 bridgehead atoms. The Morgan fingerprint density at radius 2 is 2.31 bits per heavy atom. The maximum atomic E-state index is 11.4. The molecule has 1 aliphatic heterocycles. The van der Waals surface area contributed by atoms with Gasteiger partial charge in [-0.2, -0.15) is 0 Å². The van der Waals surface area contributed by atoms with Crippen molar-refractivity contribution >= 4 is 5.78 Å². The largest absolute Gasteiger partial charge is 0.368 e. The van der Waals surface area contributed by atoms with Crippen LogP contribution in [0.3, 0.4) is 0 Å². The van der Waals surface area contributed by atoms with Crippen LogP contribution in [-0.2, 0) is 9.53 Å². The van der Waals surface area contributed by atoms with Crippen LogP contribution in [0.15, 0.2) is 0 Å². The number of hydrogen-bond donors (Lipinski definition) is 0. The van der Waals surface area contributed by atoms with E-state index in [1.165, 1.54) is 0 Å². The molecule has 0 aromatic carbocycles. The third-order valence-corrected chi connectivity index (χ3v) is 2.40. The molecule has 3 nitrogen and oxygen atoms in total. The molecule has 1 aliphatic rings. The van der Waals surface area contributed by atoms with Crippen molar-refractivity contribution in [2.45, 2.75) is 32.8 Å². The van der Waals surface area contributed by atoms with E-state index in [0.29, 0.717) is 13.0 Å². The zero-order valence-corrected chi connectivity index (χ0v) is 8.58. The number of morpholine rings is 1. The van der Waals surface area contributed by atoms with Gasteiger partial charge in [0, 0.05) is 19.5 Å². The Labute approximate surface area is 80.1 Å². The van der Waals surface area contributed by atoms with Crippen LogP contribution in [0.5, 0.6) is 0 Å². The van der Waals surface area contributed by atoms with Crippen LogP contribution in [0.25, 0.3) is 0 Å². The highest BCUT2D eigenvalue weighted by molar-refractivity contribution is 5.83. The first-order valence-corrected chi connectivity index (χ1v) is 5.14. The Kier molecular flexibility index (Phi) is 4.39. The predicted octanol–water partition coefficient (Wildman–Crippen LogP) is 1.08. The normalized spacial score (nSPS) is 24.6. The summed E-state index contributed by atoms with van der Waals surface area (Å²) >= 11 is 0. The fraction of sp³-hybridized carbons (Fsp3) is 0.900. The van der Waals surface area contributed by atoms with Crippen LogP contribution in [0, 0.1) is 0 Å². The Morgan fingerprint density at radius 1 is 1.54 bits per heavy atom. The average Bonchev–Trinajstić information content (AvgIpc) is 2.18. The van der Waals surface area contributed by atoms with Crippen molar-refractivity contribution in [1.29, 1.82) is 0 Å². The predicted molar refractivity (Wildman–Crippen MR) is 51.8 cm³/mol. The summed E-state index contributed by atoms with van der Waals surface area (Å²) in [4.78, 5) is 13.7. The number of ketones is 1. The Balaban J connectivity index is 2.37. The fourth-order valence-electron chi connectivity index (χ4n) is 1.64. The molecule has 1 heterocycles. The molecule has 0 aromatic rings. The molecule has 76 valence electrons. The van der Waals surface area contributed by atoms with E-state index in [9.17, 15) is 4.79 Å². The van der Waals surface area contributed by atoms with E-state index >= 15 is 0 Å². The number of rotatable bonds is 4. The molecule has 0 radical (unpaired) electrons. The molecule has 1 rings (SSSR count). The van der Waals surface area contributed by atoms with Crippen LogP contribution in [0.1, 0.15) is 26.7 Å². The molecule has 0 saturated carbocycles. The summed E-state index contributed by atoms with van der Waals surface area (Å²) in [5.74, 6) is 0.237. The number of carbonyl (C=O) groups excluding carboxylic acids is 1. The van der Waals surface area contributed by atoms with Gasteiger partial charge in [-0.05, 0) is 13.0 Å². The molecular weight excluding hydrogens is 166 g/mol. The minimum absolute atomic E-state index is 0.162. The monoisotopic (exact) mass is 185 g/mol. The minimum atomic E-state index is -0.162. The van der Waals surface area contributed by atoms with Crippen LogP contribution in [-0.4, -0.2) is 43.0 Å². The van der Waals surface area contributed by atoms with Gasteiger partial charge in [0.2, 0.25) is 0 Å². The molecule has 0 aliphatic carbocycles. The SMILES string of the molecule is CCCN1CCO[C@@H](C(=O)CC)C1. The molecule has 0 amide bonds. The highest BCUT2D eigenvalue weighted by atomic mass is 16.5. The number of ether oxygens (including phenoxy) is 1. The molecule has 1 fully saturated rings. The third-order valence-electron chi connectivity index (χ3n) is 2.40. The molecule has 0 spiro atoms. The van der Waals surface area contributed by atoms with Gasteiger partial charge in [0.1, 0.15) is 6.10 Å². The van der Waals surface area contributed by atoms with Gasteiger partial charge in [-0.25, -0.2) is 0 Å². The minimum Gasteiger partial charge on any atom is -0.368 e. The van der Waals surface area contributed by atoms with Gasteiger partial charge >= 0.3 is 0 Å². The van der Waals surface area contributed by atoms with E-state index in [-0.39, 0.29) is 11.9 Å². The topological polar surface area (TPSA) is 29.5 Å². The van der Waals surface area contributed by atoms with Gasteiger partial charge in [-0.3, -0.25) is 9.69 Å². The van der Waals surface area contributed by atoms with Gasteiger partial charge in [-0.1, -0.05) is 13.8 Å². The molecule has 13 heavy (non-hydrogen) atoms. The van der Waals surface area contributed by atoms with E-state index < -0.39 is 0 Å². The molecule has 3 heteroatoms.